The Hall–Kier alpha value is -3.46. The van der Waals surface area contributed by atoms with Crippen LogP contribution in [0.1, 0.15) is 62.4 Å². The smallest absolute Gasteiger partial charge is 0.259 e. The van der Waals surface area contributed by atoms with Gasteiger partial charge in [0.2, 0.25) is 0 Å². The van der Waals surface area contributed by atoms with Crippen LogP contribution >= 0.6 is 0 Å². The quantitative estimate of drug-likeness (QED) is 0.458. The number of anilines is 1. The molecule has 4 aromatic rings. The molecule has 9 nitrogen and oxygen atoms in total. The molecule has 1 aliphatic carbocycles. The molecule has 1 aromatic carbocycles. The Morgan fingerprint density at radius 3 is 2.69 bits per heavy atom. The van der Waals surface area contributed by atoms with Crippen molar-refractivity contribution < 1.29 is 14.3 Å². The summed E-state index contributed by atoms with van der Waals surface area (Å²) in [6.07, 6.45) is 11.3. The highest BCUT2D eigenvalue weighted by Crippen LogP contribution is 2.47. The van der Waals surface area contributed by atoms with Crippen molar-refractivity contribution >= 4 is 28.1 Å². The number of aromatic nitrogens is 5. The Labute approximate surface area is 203 Å². The van der Waals surface area contributed by atoms with Crippen LogP contribution in [0.3, 0.4) is 0 Å². The lowest BCUT2D eigenvalue weighted by Crippen LogP contribution is -2.54. The topological polar surface area (TPSA) is 95.6 Å². The maximum atomic E-state index is 13.4. The highest BCUT2D eigenvalue weighted by atomic mass is 16.5. The molecule has 0 unspecified atom stereocenters. The first-order valence-electron chi connectivity index (χ1n) is 12.2. The molecule has 9 heteroatoms. The van der Waals surface area contributed by atoms with Gasteiger partial charge in [0.1, 0.15) is 11.4 Å². The monoisotopic (exact) mass is 474 g/mol. The molecule has 0 radical (unpaired) electrons. The number of rotatable bonds is 5. The molecule has 3 aromatic heterocycles. The van der Waals surface area contributed by atoms with E-state index in [9.17, 15) is 4.79 Å². The van der Waals surface area contributed by atoms with Gasteiger partial charge in [-0.25, -0.2) is 9.50 Å². The summed E-state index contributed by atoms with van der Waals surface area (Å²) in [5.74, 6) is 0.226. The zero-order valence-electron chi connectivity index (χ0n) is 20.5. The van der Waals surface area contributed by atoms with Gasteiger partial charge in [-0.05, 0) is 65.0 Å². The van der Waals surface area contributed by atoms with E-state index >= 15 is 0 Å². The SMILES string of the molecule is Cc1cnc2c(NC(=O)c3cc4cn(C56CCC(C)(CC5)OC6)nc4cc3OC(C)C)cnn2c1. The molecule has 3 aliphatic rings. The van der Waals surface area contributed by atoms with E-state index in [1.165, 1.54) is 0 Å². The average Bonchev–Trinajstić information content (AvgIpc) is 3.42. The fourth-order valence-corrected chi connectivity index (χ4v) is 5.21. The molecule has 2 aliphatic heterocycles. The maximum Gasteiger partial charge on any atom is 0.259 e. The van der Waals surface area contributed by atoms with Gasteiger partial charge < -0.3 is 14.8 Å². The van der Waals surface area contributed by atoms with Crippen LogP contribution < -0.4 is 10.1 Å². The Morgan fingerprint density at radius 1 is 1.17 bits per heavy atom. The summed E-state index contributed by atoms with van der Waals surface area (Å²) < 4.78 is 16.0. The molecule has 35 heavy (non-hydrogen) atoms. The Kier molecular flexibility index (Phi) is 4.90. The van der Waals surface area contributed by atoms with Gasteiger partial charge in [0.25, 0.3) is 5.91 Å². The third-order valence-electron chi connectivity index (χ3n) is 7.36. The van der Waals surface area contributed by atoms with Crippen LogP contribution in [0.5, 0.6) is 5.75 Å². The van der Waals surface area contributed by atoms with Gasteiger partial charge >= 0.3 is 0 Å². The van der Waals surface area contributed by atoms with Crippen molar-refractivity contribution in [3.63, 3.8) is 0 Å². The van der Waals surface area contributed by atoms with E-state index in [1.54, 1.807) is 16.9 Å². The Bertz CT molecular complexity index is 1430. The zero-order chi connectivity index (χ0) is 24.4. The summed E-state index contributed by atoms with van der Waals surface area (Å²) in [7, 11) is 0. The summed E-state index contributed by atoms with van der Waals surface area (Å²) in [5.41, 5.74) is 3.25. The molecule has 3 fully saturated rings. The number of amides is 1. The number of fused-ring (bicyclic) bond motifs is 5. The lowest BCUT2D eigenvalue weighted by molar-refractivity contribution is -0.169. The van der Waals surface area contributed by atoms with Gasteiger partial charge in [-0.1, -0.05) is 0 Å². The van der Waals surface area contributed by atoms with Gasteiger partial charge in [-0.15, -0.1) is 0 Å². The third-order valence-corrected chi connectivity index (χ3v) is 7.36. The molecule has 5 heterocycles. The normalized spacial score (nSPS) is 23.9. The summed E-state index contributed by atoms with van der Waals surface area (Å²) >= 11 is 0. The first-order valence-corrected chi connectivity index (χ1v) is 12.2. The standard InChI is InChI=1S/C26H30N6O3/c1-16(2)35-22-10-20-18(14-32(30-20)26-7-5-25(4,6-8-26)34-15-26)9-19(22)24(33)29-21-12-28-31-13-17(3)11-27-23(21)31/h9-14,16H,5-8,15H2,1-4H3,(H,29,33). The number of hydrogen-bond donors (Lipinski definition) is 1. The molecule has 0 spiro atoms. The summed E-state index contributed by atoms with van der Waals surface area (Å²) in [4.78, 5) is 17.9. The average molecular weight is 475 g/mol. The van der Waals surface area contributed by atoms with E-state index in [4.69, 9.17) is 14.6 Å². The molecule has 182 valence electrons. The summed E-state index contributed by atoms with van der Waals surface area (Å²) in [6.45, 7) is 8.71. The highest BCUT2D eigenvalue weighted by molar-refractivity contribution is 6.09. The van der Waals surface area contributed by atoms with Crippen LogP contribution in [0.2, 0.25) is 0 Å². The number of aryl methyl sites for hydroxylation is 1. The number of hydrogen-bond acceptors (Lipinski definition) is 6. The molecular weight excluding hydrogens is 444 g/mol. The Balaban J connectivity index is 1.37. The van der Waals surface area contributed by atoms with Gasteiger partial charge in [0, 0.05) is 30.0 Å². The third kappa shape index (κ3) is 3.74. The number of ether oxygens (including phenoxy) is 2. The number of carbonyl (C=O) groups excluding carboxylic acids is 1. The largest absolute Gasteiger partial charge is 0.490 e. The van der Waals surface area contributed by atoms with Crippen molar-refractivity contribution in [2.24, 2.45) is 0 Å². The van der Waals surface area contributed by atoms with Gasteiger partial charge in [-0.3, -0.25) is 9.48 Å². The number of nitrogens with one attached hydrogen (secondary N) is 1. The van der Waals surface area contributed by atoms with Crippen LogP contribution in [0, 0.1) is 6.92 Å². The zero-order valence-corrected chi connectivity index (χ0v) is 20.5. The van der Waals surface area contributed by atoms with Gasteiger partial charge in [0.05, 0.1) is 41.1 Å². The van der Waals surface area contributed by atoms with Gasteiger partial charge in [0.15, 0.2) is 5.65 Å². The van der Waals surface area contributed by atoms with Crippen molar-refractivity contribution in [1.82, 2.24) is 24.4 Å². The lowest BCUT2D eigenvalue weighted by atomic mass is 9.72. The first kappa shape index (κ1) is 22.0. The second-order valence-corrected chi connectivity index (χ2v) is 10.5. The molecule has 1 saturated carbocycles. The molecule has 1 N–H and O–H groups in total. The van der Waals surface area contributed by atoms with Crippen molar-refractivity contribution in [3.8, 4) is 5.75 Å². The van der Waals surface area contributed by atoms with E-state index in [1.807, 2.05) is 45.3 Å². The van der Waals surface area contributed by atoms with E-state index < -0.39 is 0 Å². The minimum absolute atomic E-state index is 0.00350. The molecule has 1 amide bonds. The fraction of sp³-hybridized carbons (Fsp3) is 0.462. The van der Waals surface area contributed by atoms with Crippen molar-refractivity contribution in [2.75, 3.05) is 11.9 Å². The van der Waals surface area contributed by atoms with Crippen molar-refractivity contribution in [3.05, 3.63) is 48.0 Å². The van der Waals surface area contributed by atoms with E-state index in [2.05, 4.69) is 27.0 Å². The van der Waals surface area contributed by atoms with Crippen molar-refractivity contribution in [1.29, 1.82) is 0 Å². The van der Waals surface area contributed by atoms with Crippen molar-refractivity contribution in [2.45, 2.75) is 70.6 Å². The minimum atomic E-state index is -0.278. The van der Waals surface area contributed by atoms with Crippen LogP contribution in [0.15, 0.2) is 36.9 Å². The lowest BCUT2D eigenvalue weighted by Gasteiger charge is -2.51. The predicted molar refractivity (Wildman–Crippen MR) is 132 cm³/mol. The molecule has 0 atom stereocenters. The second kappa shape index (κ2) is 7.78. The molecule has 2 bridgehead atoms. The number of benzene rings is 1. The molecule has 2 saturated heterocycles. The molecular formula is C26H30N6O3. The highest BCUT2D eigenvalue weighted by Gasteiger charge is 2.49. The maximum absolute atomic E-state index is 13.4. The van der Waals surface area contributed by atoms with E-state index in [-0.39, 0.29) is 23.2 Å². The summed E-state index contributed by atoms with van der Waals surface area (Å²) in [5, 5.41) is 13.1. The van der Waals surface area contributed by atoms with Gasteiger partial charge in [-0.2, -0.15) is 10.2 Å². The van der Waals surface area contributed by atoms with E-state index in [0.717, 1.165) is 42.1 Å². The van der Waals surface area contributed by atoms with E-state index in [0.29, 0.717) is 29.3 Å². The fourth-order valence-electron chi connectivity index (χ4n) is 5.21. The number of carbonyl (C=O) groups is 1. The van der Waals surface area contributed by atoms with Crippen LogP contribution in [-0.4, -0.2) is 48.6 Å². The van der Waals surface area contributed by atoms with Crippen LogP contribution in [0.4, 0.5) is 5.69 Å². The number of nitrogens with zero attached hydrogens (tertiary/aromatic N) is 5. The Morgan fingerprint density at radius 2 is 1.97 bits per heavy atom. The molecule has 7 rings (SSSR count). The first-order chi connectivity index (χ1) is 16.7. The minimum Gasteiger partial charge on any atom is -0.490 e. The second-order valence-electron chi connectivity index (χ2n) is 10.5. The summed E-state index contributed by atoms with van der Waals surface area (Å²) in [6, 6.07) is 3.73. The van der Waals surface area contributed by atoms with Crippen LogP contribution in [-0.2, 0) is 10.3 Å². The predicted octanol–water partition coefficient (Wildman–Crippen LogP) is 4.49. The van der Waals surface area contributed by atoms with Crippen LogP contribution in [0.25, 0.3) is 16.6 Å².